The number of thioether (sulfide) groups is 1. The predicted octanol–water partition coefficient (Wildman–Crippen LogP) is 5.73. The lowest BCUT2D eigenvalue weighted by molar-refractivity contribution is -0.115. The highest BCUT2D eigenvalue weighted by molar-refractivity contribution is 7.99. The Balaban J connectivity index is 1.68. The maximum absolute atomic E-state index is 13.1. The van der Waals surface area contributed by atoms with Crippen molar-refractivity contribution in [3.05, 3.63) is 64.0 Å². The highest BCUT2D eigenvalue weighted by Crippen LogP contribution is 2.37. The van der Waals surface area contributed by atoms with Crippen LogP contribution in [0.3, 0.4) is 0 Å². The standard InChI is InChI=1S/C26H31NO4S/c1-5-18-11-16(3)12-19(6-2)24(18)25-21(28)13-17(14-22(25)29)9-10-32-23-8-7-20(15-27-23)26(30)31-4/h7-8,11-12,15,17,28H,5-6,9-10,13-14H2,1-4H3. The van der Waals surface area contributed by atoms with E-state index >= 15 is 0 Å². The Morgan fingerprint density at radius 1 is 1.19 bits per heavy atom. The minimum atomic E-state index is -0.404. The van der Waals surface area contributed by atoms with E-state index in [1.54, 1.807) is 23.9 Å². The van der Waals surface area contributed by atoms with Crippen molar-refractivity contribution in [1.29, 1.82) is 0 Å². The Morgan fingerprint density at radius 2 is 1.88 bits per heavy atom. The molecule has 6 heteroatoms. The van der Waals surface area contributed by atoms with Crippen LogP contribution >= 0.6 is 11.8 Å². The van der Waals surface area contributed by atoms with Gasteiger partial charge in [-0.25, -0.2) is 9.78 Å². The first-order valence-corrected chi connectivity index (χ1v) is 12.1. The van der Waals surface area contributed by atoms with Crippen LogP contribution in [0.2, 0.25) is 0 Å². The van der Waals surface area contributed by atoms with Gasteiger partial charge < -0.3 is 9.84 Å². The Labute approximate surface area is 194 Å². The molecule has 1 N–H and O–H groups in total. The summed E-state index contributed by atoms with van der Waals surface area (Å²) >= 11 is 1.58. The average Bonchev–Trinajstić information content (AvgIpc) is 2.79. The maximum atomic E-state index is 13.1. The summed E-state index contributed by atoms with van der Waals surface area (Å²) < 4.78 is 4.69. The largest absolute Gasteiger partial charge is 0.512 e. The third-order valence-electron chi connectivity index (χ3n) is 5.91. The molecule has 1 heterocycles. The number of allylic oxidation sites excluding steroid dienone is 2. The van der Waals surface area contributed by atoms with Crippen LogP contribution < -0.4 is 0 Å². The van der Waals surface area contributed by atoms with Crippen LogP contribution in [0, 0.1) is 12.8 Å². The molecule has 170 valence electrons. The smallest absolute Gasteiger partial charge is 0.339 e. The number of hydrogen-bond donors (Lipinski definition) is 1. The number of carbonyl (C=O) groups excluding carboxylic acids is 2. The molecular formula is C26H31NO4S. The fourth-order valence-corrected chi connectivity index (χ4v) is 5.27. The predicted molar refractivity (Wildman–Crippen MR) is 128 cm³/mol. The van der Waals surface area contributed by atoms with Gasteiger partial charge in [-0.3, -0.25) is 4.79 Å². The Hall–Kier alpha value is -2.60. The van der Waals surface area contributed by atoms with Gasteiger partial charge in [0.2, 0.25) is 0 Å². The Kier molecular flexibility index (Phi) is 8.13. The van der Waals surface area contributed by atoms with Crippen LogP contribution in [0.1, 0.15) is 65.7 Å². The number of ketones is 1. The summed E-state index contributed by atoms with van der Waals surface area (Å²) in [4.78, 5) is 28.9. The molecule has 1 unspecified atom stereocenters. The van der Waals surface area contributed by atoms with Crippen molar-refractivity contribution >= 4 is 29.1 Å². The molecule has 0 saturated carbocycles. The van der Waals surface area contributed by atoms with Gasteiger partial charge in [0, 0.05) is 19.0 Å². The number of carbonyl (C=O) groups is 2. The molecule has 1 aromatic carbocycles. The summed E-state index contributed by atoms with van der Waals surface area (Å²) in [6, 6.07) is 7.76. The van der Waals surface area contributed by atoms with Gasteiger partial charge in [0.15, 0.2) is 5.78 Å². The van der Waals surface area contributed by atoms with Crippen molar-refractivity contribution in [3.8, 4) is 0 Å². The highest BCUT2D eigenvalue weighted by atomic mass is 32.2. The number of aryl methyl sites for hydroxylation is 3. The molecular weight excluding hydrogens is 422 g/mol. The number of benzene rings is 1. The third kappa shape index (κ3) is 5.41. The van der Waals surface area contributed by atoms with E-state index in [1.165, 1.54) is 18.9 Å². The fraction of sp³-hybridized carbons (Fsp3) is 0.423. The van der Waals surface area contributed by atoms with E-state index in [-0.39, 0.29) is 17.5 Å². The number of esters is 1. The van der Waals surface area contributed by atoms with E-state index in [9.17, 15) is 14.7 Å². The number of methoxy groups -OCH3 is 1. The number of aliphatic hydroxyl groups is 1. The van der Waals surface area contributed by atoms with Gasteiger partial charge in [-0.05, 0) is 66.7 Å². The second-order valence-electron chi connectivity index (χ2n) is 8.20. The highest BCUT2D eigenvalue weighted by Gasteiger charge is 2.30. The Bertz CT molecular complexity index is 1000. The number of Topliss-reactive ketones (excluding diaryl/α,β-unsaturated/α-hetero) is 1. The summed E-state index contributed by atoms with van der Waals surface area (Å²) in [6.07, 6.45) is 4.96. The first kappa shape index (κ1) is 24.1. The molecule has 0 fully saturated rings. The van der Waals surface area contributed by atoms with Crippen molar-refractivity contribution in [3.63, 3.8) is 0 Å². The summed E-state index contributed by atoms with van der Waals surface area (Å²) in [5, 5.41) is 11.7. The van der Waals surface area contributed by atoms with Crippen molar-refractivity contribution in [1.82, 2.24) is 4.98 Å². The van der Waals surface area contributed by atoms with Gasteiger partial charge in [-0.15, -0.1) is 11.8 Å². The van der Waals surface area contributed by atoms with Gasteiger partial charge in [0.05, 0.1) is 23.3 Å². The lowest BCUT2D eigenvalue weighted by atomic mass is 9.79. The Morgan fingerprint density at radius 3 is 2.41 bits per heavy atom. The minimum absolute atomic E-state index is 0.0394. The van der Waals surface area contributed by atoms with Crippen molar-refractivity contribution in [2.24, 2.45) is 5.92 Å². The van der Waals surface area contributed by atoms with Crippen LogP contribution in [-0.2, 0) is 22.4 Å². The molecule has 0 bridgehead atoms. The number of aliphatic hydroxyl groups excluding tert-OH is 1. The zero-order valence-corrected chi connectivity index (χ0v) is 20.1. The van der Waals surface area contributed by atoms with E-state index in [1.807, 2.05) is 0 Å². The minimum Gasteiger partial charge on any atom is -0.512 e. The first-order valence-electron chi connectivity index (χ1n) is 11.1. The number of pyridine rings is 1. The normalized spacial score (nSPS) is 16.4. The van der Waals surface area contributed by atoms with Crippen LogP contribution in [0.5, 0.6) is 0 Å². The van der Waals surface area contributed by atoms with Crippen molar-refractivity contribution < 1.29 is 19.4 Å². The van der Waals surface area contributed by atoms with Crippen LogP contribution in [0.25, 0.3) is 5.57 Å². The van der Waals surface area contributed by atoms with Crippen molar-refractivity contribution in [2.75, 3.05) is 12.9 Å². The quantitative estimate of drug-likeness (QED) is 0.406. The number of hydrogen-bond acceptors (Lipinski definition) is 6. The van der Waals surface area contributed by atoms with Crippen LogP contribution in [0.15, 0.2) is 41.2 Å². The number of aromatic nitrogens is 1. The third-order valence-corrected chi connectivity index (χ3v) is 6.89. The molecule has 0 radical (unpaired) electrons. The molecule has 1 aliphatic carbocycles. The summed E-state index contributed by atoms with van der Waals surface area (Å²) in [5.74, 6) is 0.769. The number of ether oxygens (including phenoxy) is 1. The SMILES string of the molecule is CCc1cc(C)cc(CC)c1C1=C(O)CC(CCSc2ccc(C(=O)OC)cn2)CC1=O. The molecule has 2 aromatic rings. The van der Waals surface area contributed by atoms with E-state index < -0.39 is 5.97 Å². The summed E-state index contributed by atoms with van der Waals surface area (Å²) in [6.45, 7) is 6.26. The monoisotopic (exact) mass is 453 g/mol. The fourth-order valence-electron chi connectivity index (χ4n) is 4.32. The molecule has 1 aliphatic rings. The van der Waals surface area contributed by atoms with Gasteiger partial charge in [0.25, 0.3) is 0 Å². The van der Waals surface area contributed by atoms with E-state index in [2.05, 4.69) is 42.6 Å². The zero-order chi connectivity index (χ0) is 23.3. The summed E-state index contributed by atoms with van der Waals surface area (Å²) in [5.41, 5.74) is 5.35. The van der Waals surface area contributed by atoms with Gasteiger partial charge in [0.1, 0.15) is 5.76 Å². The molecule has 1 atom stereocenters. The number of rotatable bonds is 8. The molecule has 0 amide bonds. The maximum Gasteiger partial charge on any atom is 0.339 e. The zero-order valence-electron chi connectivity index (χ0n) is 19.2. The topological polar surface area (TPSA) is 76.5 Å². The molecule has 32 heavy (non-hydrogen) atoms. The first-order chi connectivity index (χ1) is 15.4. The lowest BCUT2D eigenvalue weighted by Crippen LogP contribution is -2.21. The molecule has 3 rings (SSSR count). The summed E-state index contributed by atoms with van der Waals surface area (Å²) in [7, 11) is 1.34. The molecule has 1 aromatic heterocycles. The average molecular weight is 454 g/mol. The van der Waals surface area contributed by atoms with E-state index in [0.717, 1.165) is 46.7 Å². The van der Waals surface area contributed by atoms with Gasteiger partial charge in [-0.2, -0.15) is 0 Å². The number of nitrogens with zero attached hydrogens (tertiary/aromatic N) is 1. The van der Waals surface area contributed by atoms with Crippen LogP contribution in [0.4, 0.5) is 0 Å². The lowest BCUT2D eigenvalue weighted by Gasteiger charge is -2.26. The second kappa shape index (κ2) is 10.8. The van der Waals surface area contributed by atoms with Crippen molar-refractivity contribution in [2.45, 2.75) is 57.9 Å². The molecule has 0 saturated heterocycles. The van der Waals surface area contributed by atoms with E-state index in [4.69, 9.17) is 0 Å². The van der Waals surface area contributed by atoms with E-state index in [0.29, 0.717) is 24.0 Å². The van der Waals surface area contributed by atoms with Gasteiger partial charge in [-0.1, -0.05) is 31.5 Å². The van der Waals surface area contributed by atoms with Crippen LogP contribution in [-0.4, -0.2) is 34.7 Å². The molecule has 5 nitrogen and oxygen atoms in total. The van der Waals surface area contributed by atoms with Gasteiger partial charge >= 0.3 is 5.97 Å². The molecule has 0 spiro atoms. The second-order valence-corrected chi connectivity index (χ2v) is 9.31. The molecule has 0 aliphatic heterocycles.